The van der Waals surface area contributed by atoms with Crippen molar-refractivity contribution in [1.29, 1.82) is 0 Å². The van der Waals surface area contributed by atoms with E-state index in [1.165, 1.54) is 44.3 Å². The lowest BCUT2D eigenvalue weighted by Crippen LogP contribution is -2.30. The van der Waals surface area contributed by atoms with Crippen molar-refractivity contribution in [2.75, 3.05) is 29.9 Å². The molecule has 4 heteroatoms. The highest BCUT2D eigenvalue weighted by Gasteiger charge is 2.30. The molecular weight excluding hydrogens is 236 g/mol. The summed E-state index contributed by atoms with van der Waals surface area (Å²) in [6.07, 6.45) is 7.28. The van der Waals surface area contributed by atoms with Crippen molar-refractivity contribution in [1.82, 2.24) is 9.97 Å². The first-order valence-corrected chi connectivity index (χ1v) is 7.58. The van der Waals surface area contributed by atoms with Crippen LogP contribution in [0.1, 0.15) is 38.2 Å². The monoisotopic (exact) mass is 260 g/mol. The summed E-state index contributed by atoms with van der Waals surface area (Å²) in [6, 6.07) is 0. The van der Waals surface area contributed by atoms with Crippen LogP contribution in [-0.4, -0.2) is 29.6 Å². The second-order valence-electron chi connectivity index (χ2n) is 5.99. The van der Waals surface area contributed by atoms with Crippen molar-refractivity contribution in [3.8, 4) is 0 Å². The van der Waals surface area contributed by atoms with Crippen LogP contribution < -0.4 is 10.2 Å². The first kappa shape index (κ1) is 12.7. The van der Waals surface area contributed by atoms with Crippen LogP contribution in [0.2, 0.25) is 0 Å². The Morgan fingerprint density at radius 1 is 1.16 bits per heavy atom. The van der Waals surface area contributed by atoms with Crippen LogP contribution in [0.15, 0.2) is 6.33 Å². The van der Waals surface area contributed by atoms with Crippen LogP contribution in [0.25, 0.3) is 0 Å². The summed E-state index contributed by atoms with van der Waals surface area (Å²) >= 11 is 0. The number of hydrogen-bond donors (Lipinski definition) is 1. The summed E-state index contributed by atoms with van der Waals surface area (Å²) in [7, 11) is 0. The maximum absolute atomic E-state index is 4.56. The quantitative estimate of drug-likeness (QED) is 0.818. The van der Waals surface area contributed by atoms with Crippen molar-refractivity contribution >= 4 is 11.6 Å². The Bertz CT molecular complexity index is 424. The molecule has 0 saturated heterocycles. The molecule has 0 aliphatic heterocycles. The lowest BCUT2D eigenvalue weighted by molar-refractivity contribution is 0.668. The Labute approximate surface area is 115 Å². The number of nitrogens with zero attached hydrogens (tertiary/aromatic N) is 3. The zero-order chi connectivity index (χ0) is 13.2. The van der Waals surface area contributed by atoms with Gasteiger partial charge in [0.2, 0.25) is 0 Å². The lowest BCUT2D eigenvalue weighted by Gasteiger charge is -2.26. The van der Waals surface area contributed by atoms with E-state index in [-0.39, 0.29) is 0 Å². The Morgan fingerprint density at radius 3 is 2.32 bits per heavy atom. The molecule has 0 spiro atoms. The van der Waals surface area contributed by atoms with Gasteiger partial charge in [-0.05, 0) is 51.4 Å². The van der Waals surface area contributed by atoms with E-state index >= 15 is 0 Å². The lowest BCUT2D eigenvalue weighted by atomic mass is 10.2. The van der Waals surface area contributed by atoms with Crippen LogP contribution in [0, 0.1) is 18.8 Å². The highest BCUT2D eigenvalue weighted by Crippen LogP contribution is 2.36. The largest absolute Gasteiger partial charge is 0.370 e. The molecule has 0 unspecified atom stereocenters. The SMILES string of the molecule is CCNc1ncnc(N(CC2CC2)CC2CC2)c1C. The summed E-state index contributed by atoms with van der Waals surface area (Å²) in [5.74, 6) is 3.93. The molecule has 0 bridgehead atoms. The Balaban J connectivity index is 1.80. The Kier molecular flexibility index (Phi) is 3.58. The third-order valence-electron chi connectivity index (χ3n) is 4.05. The number of anilines is 2. The van der Waals surface area contributed by atoms with Crippen molar-refractivity contribution in [3.05, 3.63) is 11.9 Å². The van der Waals surface area contributed by atoms with Gasteiger partial charge in [0.05, 0.1) is 0 Å². The molecule has 0 aromatic carbocycles. The second-order valence-corrected chi connectivity index (χ2v) is 5.99. The molecule has 1 aromatic heterocycles. The molecule has 0 atom stereocenters. The molecule has 2 aliphatic rings. The van der Waals surface area contributed by atoms with E-state index in [4.69, 9.17) is 0 Å². The fourth-order valence-electron chi connectivity index (χ4n) is 2.58. The molecule has 0 radical (unpaired) electrons. The second kappa shape index (κ2) is 5.35. The zero-order valence-electron chi connectivity index (χ0n) is 12.0. The number of aromatic nitrogens is 2. The van der Waals surface area contributed by atoms with Gasteiger partial charge in [-0.3, -0.25) is 0 Å². The molecule has 1 heterocycles. The summed E-state index contributed by atoms with van der Waals surface area (Å²) in [6.45, 7) is 7.51. The predicted molar refractivity (Wildman–Crippen MR) is 78.6 cm³/mol. The number of nitrogens with one attached hydrogen (secondary N) is 1. The molecule has 19 heavy (non-hydrogen) atoms. The van der Waals surface area contributed by atoms with Gasteiger partial charge in [-0.1, -0.05) is 0 Å². The fraction of sp³-hybridized carbons (Fsp3) is 0.733. The van der Waals surface area contributed by atoms with E-state index in [1.807, 2.05) is 0 Å². The maximum Gasteiger partial charge on any atom is 0.137 e. The molecule has 1 N–H and O–H groups in total. The van der Waals surface area contributed by atoms with E-state index < -0.39 is 0 Å². The highest BCUT2D eigenvalue weighted by atomic mass is 15.2. The van der Waals surface area contributed by atoms with Crippen molar-refractivity contribution in [2.45, 2.75) is 39.5 Å². The van der Waals surface area contributed by atoms with E-state index in [1.54, 1.807) is 6.33 Å². The average Bonchev–Trinajstić information content (AvgIpc) is 3.27. The van der Waals surface area contributed by atoms with E-state index in [0.29, 0.717) is 0 Å². The summed E-state index contributed by atoms with van der Waals surface area (Å²) < 4.78 is 0. The van der Waals surface area contributed by atoms with Crippen LogP contribution in [-0.2, 0) is 0 Å². The van der Waals surface area contributed by atoms with Crippen molar-refractivity contribution in [2.24, 2.45) is 11.8 Å². The van der Waals surface area contributed by atoms with Crippen LogP contribution >= 0.6 is 0 Å². The standard InChI is InChI=1S/C15H24N4/c1-3-16-14-11(2)15(18-10-17-14)19(8-12-4-5-12)9-13-6-7-13/h10,12-13H,3-9H2,1-2H3,(H,16,17,18). The van der Waals surface area contributed by atoms with Crippen LogP contribution in [0.5, 0.6) is 0 Å². The van der Waals surface area contributed by atoms with Gasteiger partial charge in [0.25, 0.3) is 0 Å². The number of rotatable bonds is 7. The van der Waals surface area contributed by atoms with Crippen molar-refractivity contribution < 1.29 is 0 Å². The topological polar surface area (TPSA) is 41.1 Å². The van der Waals surface area contributed by atoms with Gasteiger partial charge < -0.3 is 10.2 Å². The smallest absolute Gasteiger partial charge is 0.137 e. The molecule has 104 valence electrons. The average molecular weight is 260 g/mol. The van der Waals surface area contributed by atoms with E-state index in [0.717, 1.165) is 30.0 Å². The Morgan fingerprint density at radius 2 is 1.79 bits per heavy atom. The number of hydrogen-bond acceptors (Lipinski definition) is 4. The highest BCUT2D eigenvalue weighted by molar-refractivity contribution is 5.58. The van der Waals surface area contributed by atoms with E-state index in [2.05, 4.69) is 34.0 Å². The Hall–Kier alpha value is -1.32. The van der Waals surface area contributed by atoms with Gasteiger partial charge in [0.1, 0.15) is 18.0 Å². The minimum absolute atomic E-state index is 0.899. The van der Waals surface area contributed by atoms with Crippen LogP contribution in [0.3, 0.4) is 0 Å². The summed E-state index contributed by atoms with van der Waals surface area (Å²) in [4.78, 5) is 11.4. The van der Waals surface area contributed by atoms with Gasteiger partial charge in [-0.25, -0.2) is 9.97 Å². The molecule has 2 fully saturated rings. The minimum Gasteiger partial charge on any atom is -0.370 e. The molecule has 4 nitrogen and oxygen atoms in total. The molecular formula is C15H24N4. The first-order valence-electron chi connectivity index (χ1n) is 7.58. The van der Waals surface area contributed by atoms with E-state index in [9.17, 15) is 0 Å². The van der Waals surface area contributed by atoms with Gasteiger partial charge in [0.15, 0.2) is 0 Å². The van der Waals surface area contributed by atoms with Gasteiger partial charge in [0, 0.05) is 25.2 Å². The third kappa shape index (κ3) is 3.17. The van der Waals surface area contributed by atoms with Crippen LogP contribution in [0.4, 0.5) is 11.6 Å². The van der Waals surface area contributed by atoms with Gasteiger partial charge in [-0.15, -0.1) is 0 Å². The third-order valence-corrected chi connectivity index (χ3v) is 4.05. The zero-order valence-corrected chi connectivity index (χ0v) is 12.0. The maximum atomic E-state index is 4.56. The first-order chi connectivity index (χ1) is 9.28. The normalized spacial score (nSPS) is 18.4. The van der Waals surface area contributed by atoms with Gasteiger partial charge in [-0.2, -0.15) is 0 Å². The van der Waals surface area contributed by atoms with Crippen molar-refractivity contribution in [3.63, 3.8) is 0 Å². The minimum atomic E-state index is 0.899. The molecule has 2 aliphatic carbocycles. The molecule has 0 amide bonds. The summed E-state index contributed by atoms with van der Waals surface area (Å²) in [5.41, 5.74) is 1.20. The van der Waals surface area contributed by atoms with Gasteiger partial charge >= 0.3 is 0 Å². The fourth-order valence-corrected chi connectivity index (χ4v) is 2.58. The summed E-state index contributed by atoms with van der Waals surface area (Å²) in [5, 5.41) is 3.33. The molecule has 3 rings (SSSR count). The molecule has 1 aromatic rings. The molecule has 2 saturated carbocycles. The predicted octanol–water partition coefficient (Wildman–Crippen LogP) is 2.84.